The quantitative estimate of drug-likeness (QED) is 0.500. The zero-order valence-electron chi connectivity index (χ0n) is 10.9. The summed E-state index contributed by atoms with van der Waals surface area (Å²) < 4.78 is 31.8. The number of carboxylic acid groups (broad SMARTS) is 1. The highest BCUT2D eigenvalue weighted by atomic mass is 127. The summed E-state index contributed by atoms with van der Waals surface area (Å²) in [7, 11) is -2.09. The van der Waals surface area contributed by atoms with Crippen molar-refractivity contribution in [2.45, 2.75) is 17.7 Å². The number of carbonyl (C=O) groups is 1. The van der Waals surface area contributed by atoms with Gasteiger partial charge in [0.1, 0.15) is 0 Å². The molecule has 0 radical (unpaired) electrons. The lowest BCUT2D eigenvalue weighted by atomic mass is 10.2. The molecule has 0 unspecified atom stereocenters. The molecule has 0 atom stereocenters. The van der Waals surface area contributed by atoms with Gasteiger partial charge >= 0.3 is 5.97 Å². The third-order valence-corrected chi connectivity index (χ3v) is 4.95. The molecule has 0 saturated heterocycles. The zero-order chi connectivity index (χ0) is 15.2. The van der Waals surface area contributed by atoms with Gasteiger partial charge in [0.05, 0.1) is 10.5 Å². The number of halogens is 1. The van der Waals surface area contributed by atoms with Crippen LogP contribution in [-0.2, 0) is 14.8 Å². The number of ether oxygens (including phenoxy) is 1. The molecule has 112 valence electrons. The van der Waals surface area contributed by atoms with Gasteiger partial charge in [0.25, 0.3) is 0 Å². The highest BCUT2D eigenvalue weighted by molar-refractivity contribution is 14.1. The van der Waals surface area contributed by atoms with Gasteiger partial charge in [0.2, 0.25) is 10.0 Å². The van der Waals surface area contributed by atoms with E-state index in [1.54, 1.807) is 7.11 Å². The summed E-state index contributed by atoms with van der Waals surface area (Å²) in [5, 5.41) is 9.00. The monoisotopic (exact) mass is 413 g/mol. The predicted molar refractivity (Wildman–Crippen MR) is 82.4 cm³/mol. The first-order valence-electron chi connectivity index (χ1n) is 5.90. The average molecular weight is 413 g/mol. The van der Waals surface area contributed by atoms with Gasteiger partial charge < -0.3 is 9.84 Å². The fourth-order valence-corrected chi connectivity index (χ4v) is 3.16. The topological polar surface area (TPSA) is 92.7 Å². The fraction of sp³-hybridized carbons (Fsp3) is 0.417. The molecule has 0 heterocycles. The third kappa shape index (κ3) is 5.00. The maximum absolute atomic E-state index is 12.0. The van der Waals surface area contributed by atoms with Gasteiger partial charge in [-0.25, -0.2) is 17.9 Å². The van der Waals surface area contributed by atoms with Crippen LogP contribution in [0.4, 0.5) is 0 Å². The molecule has 1 rings (SSSR count). The highest BCUT2D eigenvalue weighted by Gasteiger charge is 2.17. The Morgan fingerprint density at radius 2 is 2.10 bits per heavy atom. The minimum Gasteiger partial charge on any atom is -0.478 e. The van der Waals surface area contributed by atoms with Crippen LogP contribution in [0.3, 0.4) is 0 Å². The molecule has 0 bridgehead atoms. The number of rotatable bonds is 8. The SMILES string of the molecule is COCCCCNS(=O)(=O)c1ccc(I)c(C(=O)O)c1. The van der Waals surface area contributed by atoms with E-state index in [1.165, 1.54) is 18.2 Å². The summed E-state index contributed by atoms with van der Waals surface area (Å²) in [5.74, 6) is -1.15. The van der Waals surface area contributed by atoms with Crippen LogP contribution in [0.1, 0.15) is 23.2 Å². The van der Waals surface area contributed by atoms with E-state index >= 15 is 0 Å². The second kappa shape index (κ2) is 7.91. The van der Waals surface area contributed by atoms with Crippen LogP contribution in [0.25, 0.3) is 0 Å². The molecular weight excluding hydrogens is 397 g/mol. The van der Waals surface area contributed by atoms with Crippen molar-refractivity contribution in [1.29, 1.82) is 0 Å². The number of nitrogens with one attached hydrogen (secondary N) is 1. The fourth-order valence-electron chi connectivity index (χ4n) is 1.50. The molecule has 6 nitrogen and oxygen atoms in total. The number of carboxylic acids is 1. The number of unbranched alkanes of at least 4 members (excludes halogenated alkanes) is 1. The lowest BCUT2D eigenvalue weighted by molar-refractivity contribution is 0.0695. The molecule has 0 aromatic heterocycles. The highest BCUT2D eigenvalue weighted by Crippen LogP contribution is 2.18. The first-order chi connectivity index (χ1) is 9.38. The number of aromatic carboxylic acids is 1. The Hall–Kier alpha value is -0.710. The summed E-state index contributed by atoms with van der Waals surface area (Å²) in [4.78, 5) is 11.0. The van der Waals surface area contributed by atoms with E-state index in [0.717, 1.165) is 6.42 Å². The molecule has 2 N–H and O–H groups in total. The first-order valence-corrected chi connectivity index (χ1v) is 8.46. The van der Waals surface area contributed by atoms with E-state index in [2.05, 4.69) is 4.72 Å². The molecule has 0 aliphatic heterocycles. The van der Waals surface area contributed by atoms with Crippen molar-refractivity contribution in [1.82, 2.24) is 4.72 Å². The zero-order valence-corrected chi connectivity index (χ0v) is 13.9. The van der Waals surface area contributed by atoms with Gasteiger partial charge in [0, 0.05) is 23.8 Å². The summed E-state index contributed by atoms with van der Waals surface area (Å²) in [5.41, 5.74) is -0.0205. The number of hydrogen-bond acceptors (Lipinski definition) is 4. The van der Waals surface area contributed by atoms with Gasteiger partial charge in [-0.15, -0.1) is 0 Å². The second-order valence-electron chi connectivity index (χ2n) is 4.04. The Morgan fingerprint density at radius 3 is 2.70 bits per heavy atom. The Kier molecular flexibility index (Phi) is 6.86. The molecule has 0 aliphatic rings. The van der Waals surface area contributed by atoms with E-state index in [0.29, 0.717) is 23.1 Å². The molecule has 0 amide bonds. The molecule has 0 aliphatic carbocycles. The van der Waals surface area contributed by atoms with Crippen molar-refractivity contribution < 1.29 is 23.1 Å². The largest absolute Gasteiger partial charge is 0.478 e. The first kappa shape index (κ1) is 17.3. The normalized spacial score (nSPS) is 11.5. The Balaban J connectivity index is 2.77. The molecule has 20 heavy (non-hydrogen) atoms. The van der Waals surface area contributed by atoms with Crippen LogP contribution < -0.4 is 4.72 Å². The predicted octanol–water partition coefficient (Wildman–Crippen LogP) is 1.69. The average Bonchev–Trinajstić information content (AvgIpc) is 2.38. The minimum atomic E-state index is -3.68. The van der Waals surface area contributed by atoms with Gasteiger partial charge in [-0.1, -0.05) is 0 Å². The van der Waals surface area contributed by atoms with Gasteiger partial charge in [0.15, 0.2) is 0 Å². The number of hydrogen-bond donors (Lipinski definition) is 2. The summed E-state index contributed by atoms with van der Waals surface area (Å²) in [6.45, 7) is 0.870. The van der Waals surface area contributed by atoms with Gasteiger partial charge in [-0.05, 0) is 53.6 Å². The summed E-state index contributed by atoms with van der Waals surface area (Å²) in [6, 6.07) is 4.04. The molecule has 0 spiro atoms. The van der Waals surface area contributed by atoms with Gasteiger partial charge in [-0.2, -0.15) is 0 Å². The van der Waals surface area contributed by atoms with Crippen molar-refractivity contribution in [3.8, 4) is 0 Å². The van der Waals surface area contributed by atoms with E-state index in [-0.39, 0.29) is 10.5 Å². The van der Waals surface area contributed by atoms with Crippen LogP contribution in [0, 0.1) is 3.57 Å². The molecule has 0 saturated carbocycles. The van der Waals surface area contributed by atoms with Crippen molar-refractivity contribution >= 4 is 38.6 Å². The Bertz CT molecular complexity index is 573. The van der Waals surface area contributed by atoms with Crippen molar-refractivity contribution in [3.05, 3.63) is 27.3 Å². The number of benzene rings is 1. The maximum Gasteiger partial charge on any atom is 0.336 e. The van der Waals surface area contributed by atoms with Crippen LogP contribution in [0.15, 0.2) is 23.1 Å². The van der Waals surface area contributed by atoms with E-state index in [9.17, 15) is 13.2 Å². The Labute approximate surface area is 131 Å². The molecule has 1 aromatic carbocycles. The summed E-state index contributed by atoms with van der Waals surface area (Å²) >= 11 is 1.85. The molecule has 1 aromatic rings. The molecular formula is C12H16INO5S. The maximum atomic E-state index is 12.0. The van der Waals surface area contributed by atoms with E-state index in [4.69, 9.17) is 9.84 Å². The van der Waals surface area contributed by atoms with Crippen LogP contribution in [0.5, 0.6) is 0 Å². The van der Waals surface area contributed by atoms with Crippen LogP contribution in [0.2, 0.25) is 0 Å². The summed E-state index contributed by atoms with van der Waals surface area (Å²) in [6.07, 6.45) is 1.41. The number of methoxy groups -OCH3 is 1. The van der Waals surface area contributed by atoms with Crippen LogP contribution >= 0.6 is 22.6 Å². The lowest BCUT2D eigenvalue weighted by Crippen LogP contribution is -2.25. The van der Waals surface area contributed by atoms with Crippen molar-refractivity contribution in [2.24, 2.45) is 0 Å². The third-order valence-electron chi connectivity index (χ3n) is 2.55. The van der Waals surface area contributed by atoms with Gasteiger partial charge in [-0.3, -0.25) is 0 Å². The minimum absolute atomic E-state index is 0.0205. The Morgan fingerprint density at radius 1 is 1.40 bits per heavy atom. The second-order valence-corrected chi connectivity index (χ2v) is 6.97. The smallest absolute Gasteiger partial charge is 0.336 e. The van der Waals surface area contributed by atoms with E-state index < -0.39 is 16.0 Å². The standard InChI is InChI=1S/C12H16INO5S/c1-19-7-3-2-6-14-20(17,18)9-4-5-11(13)10(8-9)12(15)16/h4-5,8,14H,2-3,6-7H2,1H3,(H,15,16). The molecule has 8 heteroatoms. The van der Waals surface area contributed by atoms with Crippen LogP contribution in [-0.4, -0.2) is 39.8 Å². The lowest BCUT2D eigenvalue weighted by Gasteiger charge is -2.08. The number of sulfonamides is 1. The van der Waals surface area contributed by atoms with E-state index in [1.807, 2.05) is 22.6 Å². The van der Waals surface area contributed by atoms with Crippen molar-refractivity contribution in [2.75, 3.05) is 20.3 Å². The van der Waals surface area contributed by atoms with Crippen molar-refractivity contribution in [3.63, 3.8) is 0 Å². The molecule has 0 fully saturated rings.